The molecule has 0 radical (unpaired) electrons. The number of aldehydes is 4. The number of aryl methyl sites for hydroxylation is 4. The lowest BCUT2D eigenvalue weighted by molar-refractivity contribution is -0.120. The van der Waals surface area contributed by atoms with Crippen LogP contribution >= 0.6 is 0 Å². The zero-order valence-corrected chi connectivity index (χ0v) is 25.7. The average Bonchev–Trinajstić information content (AvgIpc) is 3.04. The maximum Gasteiger partial charge on any atom is 0.154 e. The van der Waals surface area contributed by atoms with E-state index in [1.165, 1.54) is 0 Å². The second-order valence-corrected chi connectivity index (χ2v) is 11.2. The molecule has 4 rings (SSSR count). The Balaban J connectivity index is 1.99. The molecule has 0 bridgehead atoms. The summed E-state index contributed by atoms with van der Waals surface area (Å²) in [6.07, 6.45) is -0.633. The fourth-order valence-corrected chi connectivity index (χ4v) is 5.62. The largest absolute Gasteiger partial charge is 0.492 e. The van der Waals surface area contributed by atoms with Crippen LogP contribution in [0.5, 0.6) is 11.5 Å². The number of carbonyl (C=O) groups excluding carboxylic acids is 4. The van der Waals surface area contributed by atoms with Crippen molar-refractivity contribution in [2.75, 3.05) is 13.2 Å². The van der Waals surface area contributed by atoms with Crippen molar-refractivity contribution in [3.63, 3.8) is 0 Å². The molecular formula is C37H36O8. The van der Waals surface area contributed by atoms with Crippen molar-refractivity contribution in [1.82, 2.24) is 0 Å². The summed E-state index contributed by atoms with van der Waals surface area (Å²) in [6.45, 7) is 6.09. The van der Waals surface area contributed by atoms with Gasteiger partial charge < -0.3 is 19.7 Å². The molecule has 4 aromatic carbocycles. The van der Waals surface area contributed by atoms with Crippen LogP contribution in [0.3, 0.4) is 0 Å². The molecule has 0 fully saturated rings. The Morgan fingerprint density at radius 1 is 0.533 bits per heavy atom. The van der Waals surface area contributed by atoms with Crippen molar-refractivity contribution in [3.05, 3.63) is 128 Å². The lowest BCUT2D eigenvalue weighted by Gasteiger charge is -2.42. The third kappa shape index (κ3) is 6.48. The number of aliphatic hydroxyl groups is 2. The third-order valence-corrected chi connectivity index (χ3v) is 8.43. The van der Waals surface area contributed by atoms with Crippen molar-refractivity contribution in [3.8, 4) is 11.5 Å². The third-order valence-electron chi connectivity index (χ3n) is 8.43. The maximum absolute atomic E-state index is 12.3. The van der Waals surface area contributed by atoms with Crippen molar-refractivity contribution in [2.45, 2.75) is 39.9 Å². The first-order valence-electron chi connectivity index (χ1n) is 14.4. The highest BCUT2D eigenvalue weighted by molar-refractivity contribution is 5.83. The normalized spacial score (nSPS) is 12.6. The van der Waals surface area contributed by atoms with Crippen LogP contribution in [0.2, 0.25) is 0 Å². The first-order valence-corrected chi connectivity index (χ1v) is 14.4. The standard InChI is InChI=1S/C37H36O8/c1-23-9-5-13-27(29(23)17-38)35(42)37(21-44-33-15-7-11-25(3)31(33)19-40,22-45-34-16-8-12-26(4)32(34)20-41)36(43)28-14-6-10-24(2)30(28)18-39/h5-20,35-36,42-43H,21-22H2,1-4H3. The van der Waals surface area contributed by atoms with Crippen LogP contribution in [-0.4, -0.2) is 48.6 Å². The number of aliphatic hydroxyl groups excluding tert-OH is 2. The summed E-state index contributed by atoms with van der Waals surface area (Å²) >= 11 is 0. The van der Waals surface area contributed by atoms with Crippen molar-refractivity contribution < 1.29 is 38.9 Å². The van der Waals surface area contributed by atoms with E-state index in [-0.39, 0.29) is 44.9 Å². The van der Waals surface area contributed by atoms with Gasteiger partial charge in [-0.05, 0) is 73.2 Å². The van der Waals surface area contributed by atoms with E-state index in [4.69, 9.17) is 9.47 Å². The van der Waals surface area contributed by atoms with Gasteiger partial charge >= 0.3 is 0 Å². The second kappa shape index (κ2) is 14.2. The van der Waals surface area contributed by atoms with Crippen LogP contribution in [0.4, 0.5) is 0 Å². The molecule has 4 aromatic rings. The van der Waals surface area contributed by atoms with Crippen molar-refractivity contribution in [1.29, 1.82) is 0 Å². The Morgan fingerprint density at radius 3 is 1.18 bits per heavy atom. The number of benzene rings is 4. The molecule has 0 spiro atoms. The van der Waals surface area contributed by atoms with Gasteiger partial charge in [0.25, 0.3) is 0 Å². The summed E-state index contributed by atoms with van der Waals surface area (Å²) in [7, 11) is 0. The van der Waals surface area contributed by atoms with Crippen LogP contribution in [0.25, 0.3) is 0 Å². The first kappa shape index (κ1) is 33.0. The van der Waals surface area contributed by atoms with Crippen LogP contribution in [0.1, 0.15) is 87.0 Å². The summed E-state index contributed by atoms with van der Waals surface area (Å²) in [5, 5.41) is 24.7. The molecule has 2 unspecified atom stereocenters. The van der Waals surface area contributed by atoms with E-state index in [0.717, 1.165) is 0 Å². The molecule has 0 aliphatic carbocycles. The van der Waals surface area contributed by atoms with Crippen LogP contribution < -0.4 is 9.47 Å². The highest BCUT2D eigenvalue weighted by Crippen LogP contribution is 2.48. The number of rotatable bonds is 14. The zero-order chi connectivity index (χ0) is 32.7. The van der Waals surface area contributed by atoms with Gasteiger partial charge in [-0.25, -0.2) is 0 Å². The number of carbonyl (C=O) groups is 4. The SMILES string of the molecule is Cc1cccc(OCC(COc2cccc(C)c2C=O)(C(O)c2cccc(C)c2C=O)C(O)c2cccc(C)c2C=O)c1C=O. The van der Waals surface area contributed by atoms with E-state index in [1.54, 1.807) is 100 Å². The van der Waals surface area contributed by atoms with E-state index >= 15 is 0 Å². The fraction of sp³-hybridized carbons (Fsp3) is 0.243. The first-order chi connectivity index (χ1) is 21.6. The number of ether oxygens (including phenoxy) is 2. The minimum atomic E-state index is -1.81. The monoisotopic (exact) mass is 608 g/mol. The second-order valence-electron chi connectivity index (χ2n) is 11.2. The van der Waals surface area contributed by atoms with Gasteiger partial charge in [0.05, 0.1) is 28.7 Å². The van der Waals surface area contributed by atoms with E-state index in [1.807, 2.05) is 0 Å². The number of hydrogen-bond acceptors (Lipinski definition) is 8. The summed E-state index contributed by atoms with van der Waals surface area (Å²) < 4.78 is 12.5. The van der Waals surface area contributed by atoms with E-state index in [2.05, 4.69) is 0 Å². The highest BCUT2D eigenvalue weighted by atomic mass is 16.5. The van der Waals surface area contributed by atoms with Crippen molar-refractivity contribution >= 4 is 25.1 Å². The Bertz CT molecular complexity index is 1600. The minimum absolute atomic E-state index is 0.205. The maximum atomic E-state index is 12.3. The predicted molar refractivity (Wildman–Crippen MR) is 170 cm³/mol. The average molecular weight is 609 g/mol. The Morgan fingerprint density at radius 2 is 0.844 bits per heavy atom. The molecule has 45 heavy (non-hydrogen) atoms. The minimum Gasteiger partial charge on any atom is -0.492 e. The molecule has 0 aliphatic rings. The predicted octanol–water partition coefficient (Wildman–Crippen LogP) is 6.08. The molecule has 2 atom stereocenters. The molecule has 232 valence electrons. The lowest BCUT2D eigenvalue weighted by Crippen LogP contribution is -2.46. The van der Waals surface area contributed by atoms with Gasteiger partial charge in [0.1, 0.15) is 24.7 Å². The number of hydrogen-bond donors (Lipinski definition) is 2. The van der Waals surface area contributed by atoms with Gasteiger partial charge in [0.15, 0.2) is 25.1 Å². The molecule has 8 heteroatoms. The van der Waals surface area contributed by atoms with Gasteiger partial charge in [0, 0.05) is 11.1 Å². The van der Waals surface area contributed by atoms with Crippen molar-refractivity contribution in [2.24, 2.45) is 5.41 Å². The smallest absolute Gasteiger partial charge is 0.154 e. The summed E-state index contributed by atoms with van der Waals surface area (Å²) in [5.74, 6) is 0.412. The zero-order valence-electron chi connectivity index (χ0n) is 25.7. The topological polar surface area (TPSA) is 127 Å². The van der Waals surface area contributed by atoms with Crippen LogP contribution in [0, 0.1) is 33.1 Å². The Kier molecular flexibility index (Phi) is 10.4. The van der Waals surface area contributed by atoms with Gasteiger partial charge in [-0.15, -0.1) is 0 Å². The summed E-state index contributed by atoms with van der Waals surface area (Å²) in [6, 6.07) is 20.1. The van der Waals surface area contributed by atoms with Gasteiger partial charge in [-0.2, -0.15) is 0 Å². The molecule has 8 nitrogen and oxygen atoms in total. The molecule has 0 saturated heterocycles. The molecule has 2 N–H and O–H groups in total. The quantitative estimate of drug-likeness (QED) is 0.165. The molecule has 0 aliphatic heterocycles. The molecule has 0 saturated carbocycles. The van der Waals surface area contributed by atoms with E-state index in [0.29, 0.717) is 47.4 Å². The summed E-state index contributed by atoms with van der Waals surface area (Å²) in [5.41, 5.74) is 2.11. The van der Waals surface area contributed by atoms with Gasteiger partial charge in [-0.3, -0.25) is 19.2 Å². The van der Waals surface area contributed by atoms with Crippen LogP contribution in [0.15, 0.2) is 72.8 Å². The van der Waals surface area contributed by atoms with Gasteiger partial charge in [0.2, 0.25) is 0 Å². The molecule has 0 amide bonds. The van der Waals surface area contributed by atoms with Crippen LogP contribution in [-0.2, 0) is 0 Å². The lowest BCUT2D eigenvalue weighted by atomic mass is 9.71. The van der Waals surface area contributed by atoms with E-state index < -0.39 is 30.8 Å². The molecular weight excluding hydrogens is 572 g/mol. The molecule has 0 heterocycles. The Labute approximate surface area is 262 Å². The van der Waals surface area contributed by atoms with Gasteiger partial charge in [-0.1, -0.05) is 60.7 Å². The summed E-state index contributed by atoms with van der Waals surface area (Å²) in [4.78, 5) is 48.7. The molecule has 0 aromatic heterocycles. The van der Waals surface area contributed by atoms with E-state index in [9.17, 15) is 29.4 Å². The highest BCUT2D eigenvalue weighted by Gasteiger charge is 2.49. The fourth-order valence-electron chi connectivity index (χ4n) is 5.62. The Hall–Kier alpha value is -4.92.